The zero-order valence-electron chi connectivity index (χ0n) is 13.6. The number of carbonyl (C=O) groups excluding carboxylic acids is 1. The predicted molar refractivity (Wildman–Crippen MR) is 98.0 cm³/mol. The first-order chi connectivity index (χ1) is 10.7. The monoisotopic (exact) mass is 349 g/mol. The molecule has 0 unspecified atom stereocenters. The van der Waals surface area contributed by atoms with Gasteiger partial charge in [-0.05, 0) is 47.6 Å². The summed E-state index contributed by atoms with van der Waals surface area (Å²) in [5, 5.41) is 13.1. The molecule has 0 saturated heterocycles. The number of rotatable bonds is 3. The Kier molecular flexibility index (Phi) is 5.27. The average Bonchev–Trinajstić information content (AvgIpc) is 2.48. The number of carbonyl (C=O) groups is 1. The van der Waals surface area contributed by atoms with E-state index in [0.717, 1.165) is 10.5 Å². The second-order valence-electron chi connectivity index (χ2n) is 6.28. The van der Waals surface area contributed by atoms with Crippen LogP contribution in [0, 0.1) is 0 Å². The van der Waals surface area contributed by atoms with Gasteiger partial charge in [0.25, 0.3) is 5.91 Å². The summed E-state index contributed by atoms with van der Waals surface area (Å²) >= 11 is 7.66. The molecular formula is C18H20ClNO2S. The number of hydrogen-bond acceptors (Lipinski definition) is 3. The normalized spacial score (nSPS) is 11.3. The third-order valence-electron chi connectivity index (χ3n) is 3.53. The first-order valence-corrected chi connectivity index (χ1v) is 8.81. The number of phenolic OH excluding ortho intramolecular Hbond substituents is 1. The summed E-state index contributed by atoms with van der Waals surface area (Å²) in [6.45, 7) is 6.22. The van der Waals surface area contributed by atoms with Gasteiger partial charge in [-0.3, -0.25) is 4.79 Å². The van der Waals surface area contributed by atoms with Gasteiger partial charge in [0, 0.05) is 4.90 Å². The van der Waals surface area contributed by atoms with E-state index in [2.05, 4.69) is 26.1 Å². The lowest BCUT2D eigenvalue weighted by Crippen LogP contribution is -2.15. The first kappa shape index (κ1) is 17.7. The number of nitrogens with one attached hydrogen (secondary N) is 1. The molecule has 2 rings (SSSR count). The SMILES string of the molecule is CSc1ccc(Cl)c(C(=O)Nc2cc(C(C)(C)C)ccc2O)c1. The van der Waals surface area contributed by atoms with Crippen LogP contribution in [-0.2, 0) is 5.41 Å². The van der Waals surface area contributed by atoms with Gasteiger partial charge in [-0.15, -0.1) is 11.8 Å². The minimum atomic E-state index is -0.341. The van der Waals surface area contributed by atoms with Crippen LogP contribution >= 0.6 is 23.4 Å². The molecule has 0 aliphatic rings. The van der Waals surface area contributed by atoms with Gasteiger partial charge in [0.15, 0.2) is 0 Å². The molecule has 2 aromatic rings. The molecule has 0 aliphatic carbocycles. The Morgan fingerprint density at radius 3 is 2.48 bits per heavy atom. The molecule has 2 aromatic carbocycles. The molecular weight excluding hydrogens is 330 g/mol. The molecule has 0 heterocycles. The minimum Gasteiger partial charge on any atom is -0.506 e. The second-order valence-corrected chi connectivity index (χ2v) is 7.57. The molecule has 0 atom stereocenters. The van der Waals surface area contributed by atoms with Gasteiger partial charge in [0.1, 0.15) is 5.75 Å². The molecule has 3 nitrogen and oxygen atoms in total. The Labute approximate surface area is 146 Å². The molecule has 122 valence electrons. The molecule has 0 bridgehead atoms. The van der Waals surface area contributed by atoms with Crippen molar-refractivity contribution in [3.63, 3.8) is 0 Å². The van der Waals surface area contributed by atoms with E-state index in [-0.39, 0.29) is 17.1 Å². The van der Waals surface area contributed by atoms with Crippen LogP contribution in [0.2, 0.25) is 5.02 Å². The van der Waals surface area contributed by atoms with Gasteiger partial charge >= 0.3 is 0 Å². The molecule has 0 aromatic heterocycles. The summed E-state index contributed by atoms with van der Waals surface area (Å²) in [6, 6.07) is 10.5. The van der Waals surface area contributed by atoms with E-state index in [1.54, 1.807) is 24.3 Å². The number of benzene rings is 2. The smallest absolute Gasteiger partial charge is 0.257 e. The van der Waals surface area contributed by atoms with E-state index in [9.17, 15) is 9.90 Å². The highest BCUT2D eigenvalue weighted by atomic mass is 35.5. The standard InChI is InChI=1S/C18H20ClNO2S/c1-18(2,3)11-5-8-16(21)15(9-11)20-17(22)13-10-12(23-4)6-7-14(13)19/h5-10,21H,1-4H3,(H,20,22). The number of amides is 1. The summed E-state index contributed by atoms with van der Waals surface area (Å²) in [7, 11) is 0. The van der Waals surface area contributed by atoms with Gasteiger partial charge < -0.3 is 10.4 Å². The number of halogens is 1. The number of aromatic hydroxyl groups is 1. The van der Waals surface area contributed by atoms with E-state index < -0.39 is 0 Å². The number of anilines is 1. The van der Waals surface area contributed by atoms with Crippen molar-refractivity contribution in [1.82, 2.24) is 0 Å². The molecule has 0 spiro atoms. The zero-order chi connectivity index (χ0) is 17.2. The summed E-state index contributed by atoms with van der Waals surface area (Å²) in [5.74, 6) is -0.309. The van der Waals surface area contributed by atoms with E-state index in [4.69, 9.17) is 11.6 Å². The zero-order valence-corrected chi connectivity index (χ0v) is 15.2. The molecule has 0 radical (unpaired) electrons. The Bertz CT molecular complexity index is 738. The minimum absolute atomic E-state index is 0.0310. The van der Waals surface area contributed by atoms with E-state index in [0.29, 0.717) is 16.3 Å². The van der Waals surface area contributed by atoms with Crippen molar-refractivity contribution in [2.75, 3.05) is 11.6 Å². The fraction of sp³-hybridized carbons (Fsp3) is 0.278. The molecule has 5 heteroatoms. The first-order valence-electron chi connectivity index (χ1n) is 7.21. The molecule has 23 heavy (non-hydrogen) atoms. The van der Waals surface area contributed by atoms with Crippen molar-refractivity contribution in [2.24, 2.45) is 0 Å². The second kappa shape index (κ2) is 6.85. The highest BCUT2D eigenvalue weighted by Gasteiger charge is 2.18. The van der Waals surface area contributed by atoms with Crippen LogP contribution in [-0.4, -0.2) is 17.3 Å². The van der Waals surface area contributed by atoms with Crippen LogP contribution in [0.25, 0.3) is 0 Å². The Balaban J connectivity index is 2.34. The third kappa shape index (κ3) is 4.21. The number of thioether (sulfide) groups is 1. The maximum atomic E-state index is 12.5. The van der Waals surface area contributed by atoms with Gasteiger partial charge in [-0.2, -0.15) is 0 Å². The number of hydrogen-bond donors (Lipinski definition) is 2. The van der Waals surface area contributed by atoms with Crippen molar-refractivity contribution in [1.29, 1.82) is 0 Å². The maximum Gasteiger partial charge on any atom is 0.257 e. The Hall–Kier alpha value is -1.65. The maximum absolute atomic E-state index is 12.5. The van der Waals surface area contributed by atoms with Gasteiger partial charge in [0.2, 0.25) is 0 Å². The van der Waals surface area contributed by atoms with Crippen LogP contribution in [0.4, 0.5) is 5.69 Å². The fourth-order valence-corrected chi connectivity index (χ4v) is 2.74. The van der Waals surface area contributed by atoms with Crippen molar-refractivity contribution < 1.29 is 9.90 Å². The summed E-state index contributed by atoms with van der Waals surface area (Å²) in [4.78, 5) is 13.5. The summed E-state index contributed by atoms with van der Waals surface area (Å²) < 4.78 is 0. The van der Waals surface area contributed by atoms with E-state index >= 15 is 0 Å². The van der Waals surface area contributed by atoms with Crippen LogP contribution < -0.4 is 5.32 Å². The summed E-state index contributed by atoms with van der Waals surface area (Å²) in [5.41, 5.74) is 1.71. The third-order valence-corrected chi connectivity index (χ3v) is 4.58. The van der Waals surface area contributed by atoms with Crippen molar-refractivity contribution >= 4 is 35.0 Å². The Morgan fingerprint density at radius 1 is 1.17 bits per heavy atom. The quantitative estimate of drug-likeness (QED) is 0.582. The van der Waals surface area contributed by atoms with Crippen molar-refractivity contribution in [2.45, 2.75) is 31.1 Å². The van der Waals surface area contributed by atoms with Crippen LogP contribution in [0.3, 0.4) is 0 Å². The van der Waals surface area contributed by atoms with Crippen molar-refractivity contribution in [3.05, 3.63) is 52.5 Å². The van der Waals surface area contributed by atoms with Crippen LogP contribution in [0.15, 0.2) is 41.3 Å². The van der Waals surface area contributed by atoms with Crippen molar-refractivity contribution in [3.8, 4) is 5.75 Å². The fourth-order valence-electron chi connectivity index (χ4n) is 2.10. The lowest BCUT2D eigenvalue weighted by atomic mass is 9.87. The topological polar surface area (TPSA) is 49.3 Å². The lowest BCUT2D eigenvalue weighted by Gasteiger charge is -2.20. The predicted octanol–water partition coefficient (Wildman–Crippen LogP) is 5.32. The van der Waals surface area contributed by atoms with Crippen LogP contribution in [0.1, 0.15) is 36.7 Å². The summed E-state index contributed by atoms with van der Waals surface area (Å²) in [6.07, 6.45) is 1.93. The molecule has 0 fully saturated rings. The van der Waals surface area contributed by atoms with Crippen LogP contribution in [0.5, 0.6) is 5.75 Å². The molecule has 0 saturated carbocycles. The molecule has 2 N–H and O–H groups in total. The average molecular weight is 350 g/mol. The van der Waals surface area contributed by atoms with Gasteiger partial charge in [-0.1, -0.05) is 38.4 Å². The van der Waals surface area contributed by atoms with E-state index in [1.807, 2.05) is 18.4 Å². The molecule has 0 aliphatic heterocycles. The number of phenols is 1. The molecule has 1 amide bonds. The van der Waals surface area contributed by atoms with E-state index in [1.165, 1.54) is 11.8 Å². The largest absolute Gasteiger partial charge is 0.506 e. The highest BCUT2D eigenvalue weighted by Crippen LogP contribution is 2.31. The van der Waals surface area contributed by atoms with Gasteiger partial charge in [0.05, 0.1) is 16.3 Å². The highest BCUT2D eigenvalue weighted by molar-refractivity contribution is 7.98. The Morgan fingerprint density at radius 2 is 1.87 bits per heavy atom. The lowest BCUT2D eigenvalue weighted by molar-refractivity contribution is 0.102. The van der Waals surface area contributed by atoms with Gasteiger partial charge in [-0.25, -0.2) is 0 Å².